The number of nitrogens with zero attached hydrogens (tertiary/aromatic N) is 3. The Morgan fingerprint density at radius 3 is 2.75 bits per heavy atom. The summed E-state index contributed by atoms with van der Waals surface area (Å²) >= 11 is 5.91. The minimum absolute atomic E-state index is 0.00534. The molecule has 20 heavy (non-hydrogen) atoms. The van der Waals surface area contributed by atoms with Crippen LogP contribution in [0.4, 0.5) is 5.69 Å². The van der Waals surface area contributed by atoms with Crippen LogP contribution in [0.15, 0.2) is 11.0 Å². The Kier molecular flexibility index (Phi) is 4.05. The molecule has 1 atom stereocenters. The molecule has 1 saturated heterocycles. The summed E-state index contributed by atoms with van der Waals surface area (Å²) in [4.78, 5) is 36.0. The zero-order valence-electron chi connectivity index (χ0n) is 10.7. The van der Waals surface area contributed by atoms with Crippen molar-refractivity contribution in [1.82, 2.24) is 14.7 Å². The molecular formula is C11H13ClN4O4. The van der Waals surface area contributed by atoms with Crippen molar-refractivity contribution in [2.75, 3.05) is 19.0 Å². The van der Waals surface area contributed by atoms with E-state index < -0.39 is 11.6 Å². The first-order valence-corrected chi connectivity index (χ1v) is 6.27. The summed E-state index contributed by atoms with van der Waals surface area (Å²) < 4.78 is 1.02. The fourth-order valence-corrected chi connectivity index (χ4v) is 2.08. The van der Waals surface area contributed by atoms with Gasteiger partial charge in [0.1, 0.15) is 11.1 Å². The van der Waals surface area contributed by atoms with Crippen molar-refractivity contribution in [3.05, 3.63) is 21.6 Å². The molecule has 0 saturated carbocycles. The van der Waals surface area contributed by atoms with Crippen molar-refractivity contribution < 1.29 is 14.7 Å². The topological polar surface area (TPSA) is 105 Å². The highest BCUT2D eigenvalue weighted by molar-refractivity contribution is 6.33. The molecule has 0 bridgehead atoms. The van der Waals surface area contributed by atoms with Gasteiger partial charge in [0.15, 0.2) is 0 Å². The highest BCUT2D eigenvalue weighted by atomic mass is 35.5. The third-order valence-corrected chi connectivity index (χ3v) is 3.37. The van der Waals surface area contributed by atoms with Gasteiger partial charge in [0.2, 0.25) is 5.91 Å². The molecule has 0 aliphatic carbocycles. The first kappa shape index (κ1) is 14.5. The zero-order valence-corrected chi connectivity index (χ0v) is 11.4. The minimum Gasteiger partial charge on any atom is -0.394 e. The molecule has 2 heterocycles. The molecule has 108 valence electrons. The number of likely N-dealkylation sites (tertiary alicyclic amines) is 1. The van der Waals surface area contributed by atoms with Gasteiger partial charge < -0.3 is 10.4 Å². The zero-order chi connectivity index (χ0) is 14.9. The van der Waals surface area contributed by atoms with Crippen LogP contribution in [0.3, 0.4) is 0 Å². The van der Waals surface area contributed by atoms with E-state index in [0.717, 1.165) is 9.58 Å². The van der Waals surface area contributed by atoms with Gasteiger partial charge in [0.25, 0.3) is 11.5 Å². The average molecular weight is 301 g/mol. The summed E-state index contributed by atoms with van der Waals surface area (Å²) in [7, 11) is 1.39. The standard InChI is InChI=1S/C11H13ClN4O4/c1-15-8(18)4-6(10(15)19)14-7-5-13-16(2-3-17)11(20)9(7)12/h5-6,14,17H,2-4H2,1H3. The summed E-state index contributed by atoms with van der Waals surface area (Å²) in [5, 5.41) is 15.2. The lowest BCUT2D eigenvalue weighted by Crippen LogP contribution is -2.33. The maximum atomic E-state index is 11.8. The van der Waals surface area contributed by atoms with Crippen molar-refractivity contribution in [3.63, 3.8) is 0 Å². The van der Waals surface area contributed by atoms with E-state index in [1.54, 1.807) is 0 Å². The molecule has 1 aromatic rings. The van der Waals surface area contributed by atoms with Gasteiger partial charge in [-0.3, -0.25) is 19.3 Å². The molecule has 1 aliphatic rings. The number of aliphatic hydroxyl groups excluding tert-OH is 1. The van der Waals surface area contributed by atoms with Gasteiger partial charge >= 0.3 is 0 Å². The lowest BCUT2D eigenvalue weighted by molar-refractivity contribution is -0.136. The molecule has 0 radical (unpaired) electrons. The third-order valence-electron chi connectivity index (χ3n) is 3.01. The van der Waals surface area contributed by atoms with Crippen LogP contribution in [0.1, 0.15) is 6.42 Å². The van der Waals surface area contributed by atoms with E-state index in [-0.39, 0.29) is 42.1 Å². The van der Waals surface area contributed by atoms with E-state index in [0.29, 0.717) is 0 Å². The van der Waals surface area contributed by atoms with Crippen LogP contribution in [0.5, 0.6) is 0 Å². The van der Waals surface area contributed by atoms with Crippen molar-refractivity contribution in [1.29, 1.82) is 0 Å². The number of aromatic nitrogens is 2. The first-order chi connectivity index (χ1) is 9.45. The highest BCUT2D eigenvalue weighted by Gasteiger charge is 2.36. The van der Waals surface area contributed by atoms with Gasteiger partial charge in [0, 0.05) is 7.05 Å². The number of nitrogens with one attached hydrogen (secondary N) is 1. The lowest BCUT2D eigenvalue weighted by Gasteiger charge is -2.13. The van der Waals surface area contributed by atoms with Gasteiger partial charge in [0.05, 0.1) is 31.5 Å². The van der Waals surface area contributed by atoms with Crippen LogP contribution in [-0.4, -0.2) is 51.3 Å². The first-order valence-electron chi connectivity index (χ1n) is 5.89. The van der Waals surface area contributed by atoms with E-state index in [2.05, 4.69) is 10.4 Å². The predicted molar refractivity (Wildman–Crippen MR) is 70.4 cm³/mol. The van der Waals surface area contributed by atoms with Gasteiger partial charge in [-0.1, -0.05) is 11.6 Å². The van der Waals surface area contributed by atoms with Crippen LogP contribution >= 0.6 is 11.6 Å². The van der Waals surface area contributed by atoms with Crippen molar-refractivity contribution in [2.45, 2.75) is 19.0 Å². The number of aliphatic hydroxyl groups is 1. The van der Waals surface area contributed by atoms with E-state index in [4.69, 9.17) is 16.7 Å². The van der Waals surface area contributed by atoms with E-state index in [1.807, 2.05) is 0 Å². The maximum absolute atomic E-state index is 11.8. The number of anilines is 1. The SMILES string of the molecule is CN1C(=O)CC(Nc2cnn(CCO)c(=O)c2Cl)C1=O. The normalized spacial score (nSPS) is 18.8. The van der Waals surface area contributed by atoms with Crippen LogP contribution in [0, 0.1) is 0 Å². The monoisotopic (exact) mass is 300 g/mol. The molecule has 1 aliphatic heterocycles. The minimum atomic E-state index is -0.750. The summed E-state index contributed by atoms with van der Waals surface area (Å²) in [5.41, 5.74) is -0.386. The van der Waals surface area contributed by atoms with Crippen molar-refractivity contribution >= 4 is 29.1 Å². The highest BCUT2D eigenvalue weighted by Crippen LogP contribution is 2.20. The smallest absolute Gasteiger partial charge is 0.287 e. The van der Waals surface area contributed by atoms with E-state index in [1.165, 1.54) is 13.2 Å². The molecule has 0 spiro atoms. The van der Waals surface area contributed by atoms with Crippen molar-refractivity contribution in [3.8, 4) is 0 Å². The Labute approximate surface area is 118 Å². The van der Waals surface area contributed by atoms with E-state index in [9.17, 15) is 14.4 Å². The van der Waals surface area contributed by atoms with Gasteiger partial charge in [-0.2, -0.15) is 5.10 Å². The number of amides is 2. The second-order valence-electron chi connectivity index (χ2n) is 4.32. The lowest BCUT2D eigenvalue weighted by atomic mass is 10.2. The molecule has 9 heteroatoms. The van der Waals surface area contributed by atoms with Gasteiger partial charge in [-0.05, 0) is 0 Å². The maximum Gasteiger partial charge on any atom is 0.287 e. The molecule has 1 unspecified atom stereocenters. The average Bonchev–Trinajstić information content (AvgIpc) is 2.66. The molecule has 2 N–H and O–H groups in total. The fourth-order valence-electron chi connectivity index (χ4n) is 1.88. The molecular weight excluding hydrogens is 288 g/mol. The molecule has 8 nitrogen and oxygen atoms in total. The summed E-state index contributed by atoms with van der Waals surface area (Å²) in [6.45, 7) is -0.209. The second kappa shape index (κ2) is 5.59. The van der Waals surface area contributed by atoms with Gasteiger partial charge in [-0.15, -0.1) is 0 Å². The number of imide groups is 1. The largest absolute Gasteiger partial charge is 0.394 e. The fraction of sp³-hybridized carbons (Fsp3) is 0.455. The number of rotatable bonds is 4. The third kappa shape index (κ3) is 2.52. The van der Waals surface area contributed by atoms with Gasteiger partial charge in [-0.25, -0.2) is 4.68 Å². The number of likely N-dealkylation sites (N-methyl/N-ethyl adjacent to an activating group) is 1. The number of carbonyl (C=O) groups is 2. The Balaban J connectivity index is 2.23. The van der Waals surface area contributed by atoms with Crippen LogP contribution in [0.2, 0.25) is 5.02 Å². The molecule has 2 rings (SSSR count). The van der Waals surface area contributed by atoms with Crippen molar-refractivity contribution in [2.24, 2.45) is 0 Å². The molecule has 1 aromatic heterocycles. The molecule has 0 aromatic carbocycles. The number of hydrogen-bond acceptors (Lipinski definition) is 6. The predicted octanol–water partition coefficient (Wildman–Crippen LogP) is -0.942. The number of carbonyl (C=O) groups excluding carboxylic acids is 2. The Hall–Kier alpha value is -1.93. The number of hydrogen-bond donors (Lipinski definition) is 2. The van der Waals surface area contributed by atoms with Crippen LogP contribution < -0.4 is 10.9 Å². The molecule has 1 fully saturated rings. The summed E-state index contributed by atoms with van der Waals surface area (Å²) in [6, 6.07) is -0.750. The Morgan fingerprint density at radius 2 is 2.20 bits per heavy atom. The van der Waals surface area contributed by atoms with E-state index >= 15 is 0 Å². The molecule has 2 amide bonds. The Morgan fingerprint density at radius 1 is 1.50 bits per heavy atom. The van der Waals surface area contributed by atoms with Crippen LogP contribution in [0.25, 0.3) is 0 Å². The quantitative estimate of drug-likeness (QED) is 0.695. The number of halogens is 1. The summed E-state index contributed by atoms with van der Waals surface area (Å²) in [6.07, 6.45) is 1.29. The Bertz CT molecular complexity index is 615. The van der Waals surface area contributed by atoms with Crippen LogP contribution in [-0.2, 0) is 16.1 Å². The summed E-state index contributed by atoms with van der Waals surface area (Å²) in [5.74, 6) is -0.684. The second-order valence-corrected chi connectivity index (χ2v) is 4.69.